The van der Waals surface area contributed by atoms with Gasteiger partial charge in [0.15, 0.2) is 0 Å². The zero-order chi connectivity index (χ0) is 24.3. The van der Waals surface area contributed by atoms with Crippen molar-refractivity contribution in [1.29, 1.82) is 0 Å². The van der Waals surface area contributed by atoms with E-state index in [1.165, 1.54) is 56.8 Å². The summed E-state index contributed by atoms with van der Waals surface area (Å²) in [6, 6.07) is 19.2. The van der Waals surface area contributed by atoms with Gasteiger partial charge in [-0.15, -0.1) is 11.3 Å². The maximum Gasteiger partial charge on any atom is 0.238 e. The van der Waals surface area contributed by atoms with Crippen molar-refractivity contribution in [3.63, 3.8) is 0 Å². The number of fused-ring (bicyclic) bond motifs is 3. The van der Waals surface area contributed by atoms with Crippen LogP contribution in [0.25, 0.3) is 32.6 Å². The first-order valence-electron chi connectivity index (χ1n) is 11.0. The molecule has 0 fully saturated rings. The number of aromatic nitrogens is 1. The molecule has 176 valence electrons. The zero-order valence-corrected chi connectivity index (χ0v) is 20.8. The Hall–Kier alpha value is -3.07. The van der Waals surface area contributed by atoms with Gasteiger partial charge >= 0.3 is 0 Å². The lowest BCUT2D eigenvalue weighted by Gasteiger charge is -2.13. The van der Waals surface area contributed by atoms with Crippen LogP contribution in [0, 0.1) is 0 Å². The number of benzene rings is 2. The first kappa shape index (κ1) is 24.1. The van der Waals surface area contributed by atoms with Gasteiger partial charge in [0.2, 0.25) is 16.4 Å². The molecule has 2 heterocycles. The molecule has 0 bridgehead atoms. The minimum absolute atomic E-state index is 0.109. The van der Waals surface area contributed by atoms with Crippen molar-refractivity contribution in [2.75, 3.05) is 14.1 Å². The Morgan fingerprint density at radius 1 is 0.971 bits per heavy atom. The summed E-state index contributed by atoms with van der Waals surface area (Å²) in [5.74, 6) is 0. The Morgan fingerprint density at radius 3 is 2.24 bits per heavy atom. The Balaban J connectivity index is 0.000000499. The SMILES string of the molecule is CN(C)C=O.NS(=O)(=O)c1ccc(-c2cc(-c3ccccc3)c3c4c(sc3n2)CCCC4)cc1. The van der Waals surface area contributed by atoms with E-state index < -0.39 is 10.0 Å². The van der Waals surface area contributed by atoms with E-state index in [1.807, 2.05) is 6.07 Å². The first-order valence-corrected chi connectivity index (χ1v) is 13.4. The minimum atomic E-state index is -3.71. The fraction of sp³-hybridized carbons (Fsp3) is 0.231. The van der Waals surface area contributed by atoms with Gasteiger partial charge in [0.25, 0.3) is 0 Å². The summed E-state index contributed by atoms with van der Waals surface area (Å²) in [5, 5.41) is 6.51. The van der Waals surface area contributed by atoms with Crippen LogP contribution in [0.1, 0.15) is 23.3 Å². The highest BCUT2D eigenvalue weighted by Gasteiger charge is 2.21. The van der Waals surface area contributed by atoms with Crippen LogP contribution in [0.2, 0.25) is 0 Å². The van der Waals surface area contributed by atoms with Crippen LogP contribution in [0.4, 0.5) is 0 Å². The molecule has 0 spiro atoms. The number of nitrogens with two attached hydrogens (primary N) is 1. The largest absolute Gasteiger partial charge is 0.351 e. The lowest BCUT2D eigenvalue weighted by molar-refractivity contribution is -0.115. The number of sulfonamides is 1. The molecule has 6 nitrogen and oxygen atoms in total. The number of primary sulfonamides is 1. The van der Waals surface area contributed by atoms with E-state index in [1.54, 1.807) is 37.6 Å². The van der Waals surface area contributed by atoms with Crippen molar-refractivity contribution >= 4 is 38.0 Å². The van der Waals surface area contributed by atoms with Crippen LogP contribution < -0.4 is 5.14 Å². The molecule has 4 aromatic rings. The number of carbonyl (C=O) groups is 1. The number of aryl methyl sites for hydroxylation is 2. The average Bonchev–Trinajstić information content (AvgIpc) is 3.22. The maximum absolute atomic E-state index is 11.6. The van der Waals surface area contributed by atoms with Crippen LogP contribution in [-0.2, 0) is 27.7 Å². The summed E-state index contributed by atoms with van der Waals surface area (Å²) >= 11 is 1.80. The van der Waals surface area contributed by atoms with Gasteiger partial charge in [-0.25, -0.2) is 18.5 Å². The molecule has 0 saturated heterocycles. The molecule has 2 N–H and O–H groups in total. The Morgan fingerprint density at radius 2 is 1.62 bits per heavy atom. The zero-order valence-electron chi connectivity index (χ0n) is 19.2. The summed E-state index contributed by atoms with van der Waals surface area (Å²) < 4.78 is 23.1. The smallest absolute Gasteiger partial charge is 0.238 e. The maximum atomic E-state index is 11.6. The number of thiophene rings is 1. The quantitative estimate of drug-likeness (QED) is 0.411. The molecule has 1 aliphatic carbocycles. The Labute approximate surface area is 204 Å². The number of nitrogens with zero attached hydrogens (tertiary/aromatic N) is 2. The molecule has 1 aliphatic rings. The number of carbonyl (C=O) groups excluding carboxylic acids is 1. The predicted octanol–water partition coefficient (Wildman–Crippen LogP) is 4.86. The van der Waals surface area contributed by atoms with E-state index in [4.69, 9.17) is 10.1 Å². The van der Waals surface area contributed by atoms with Crippen molar-refractivity contribution < 1.29 is 13.2 Å². The van der Waals surface area contributed by atoms with Crippen molar-refractivity contribution in [1.82, 2.24) is 9.88 Å². The molecule has 0 saturated carbocycles. The first-order chi connectivity index (χ1) is 16.3. The second kappa shape index (κ2) is 10.0. The van der Waals surface area contributed by atoms with Gasteiger partial charge in [-0.05, 0) is 60.6 Å². The van der Waals surface area contributed by atoms with Crippen LogP contribution in [0.5, 0.6) is 0 Å². The number of hydrogen-bond donors (Lipinski definition) is 1. The number of hydrogen-bond acceptors (Lipinski definition) is 5. The second-order valence-corrected chi connectivity index (χ2v) is 11.1. The Kier molecular flexibility index (Phi) is 7.11. The number of pyridine rings is 1. The van der Waals surface area contributed by atoms with Crippen molar-refractivity contribution in [2.45, 2.75) is 30.6 Å². The lowest BCUT2D eigenvalue weighted by Crippen LogP contribution is -2.11. The van der Waals surface area contributed by atoms with E-state index in [-0.39, 0.29) is 4.90 Å². The molecule has 1 amide bonds. The predicted molar refractivity (Wildman–Crippen MR) is 138 cm³/mol. The molecule has 0 unspecified atom stereocenters. The van der Waals surface area contributed by atoms with Crippen LogP contribution >= 0.6 is 11.3 Å². The summed E-state index contributed by atoms with van der Waals surface area (Å²) in [4.78, 5) is 18.5. The molecule has 0 atom stereocenters. The van der Waals surface area contributed by atoms with Crippen molar-refractivity contribution in [2.24, 2.45) is 5.14 Å². The molecule has 34 heavy (non-hydrogen) atoms. The van der Waals surface area contributed by atoms with Gasteiger partial charge < -0.3 is 4.90 Å². The summed E-state index contributed by atoms with van der Waals surface area (Å²) in [7, 11) is -0.333. The highest BCUT2D eigenvalue weighted by atomic mass is 32.2. The molecule has 2 aromatic carbocycles. The number of amides is 1. The van der Waals surface area contributed by atoms with Crippen molar-refractivity contribution in [3.8, 4) is 22.4 Å². The van der Waals surface area contributed by atoms with E-state index in [9.17, 15) is 13.2 Å². The highest BCUT2D eigenvalue weighted by Crippen LogP contribution is 2.42. The van der Waals surface area contributed by atoms with Crippen LogP contribution in [-0.4, -0.2) is 38.8 Å². The Bertz CT molecular complexity index is 1410. The summed E-state index contributed by atoms with van der Waals surface area (Å²) in [6.45, 7) is 0. The third-order valence-corrected chi connectivity index (χ3v) is 7.81. The summed E-state index contributed by atoms with van der Waals surface area (Å²) in [5.41, 5.74) is 5.55. The normalized spacial score (nSPS) is 13.0. The van der Waals surface area contributed by atoms with Crippen molar-refractivity contribution in [3.05, 3.63) is 71.1 Å². The van der Waals surface area contributed by atoms with Gasteiger partial charge in [0, 0.05) is 29.9 Å². The fourth-order valence-electron chi connectivity index (χ4n) is 4.07. The molecule has 0 aliphatic heterocycles. The standard InChI is InChI=1S/C23H20N2O2S2.C3H7NO/c24-29(26,27)17-12-10-16(11-13-17)20-14-19(15-6-2-1-3-7-15)22-18-8-4-5-9-21(18)28-23(22)25-20;1-4(2)3-5/h1-3,6-7,10-14H,4-5,8-9H2,(H2,24,26,27);3H,1-2H3. The molecule has 2 aromatic heterocycles. The van der Waals surface area contributed by atoms with Crippen LogP contribution in [0.15, 0.2) is 65.6 Å². The highest BCUT2D eigenvalue weighted by molar-refractivity contribution is 7.89. The monoisotopic (exact) mass is 493 g/mol. The van der Waals surface area contributed by atoms with Gasteiger partial charge in [-0.1, -0.05) is 42.5 Å². The topological polar surface area (TPSA) is 93.4 Å². The van der Waals surface area contributed by atoms with Gasteiger partial charge in [-0.3, -0.25) is 4.79 Å². The van der Waals surface area contributed by atoms with Gasteiger partial charge in [-0.2, -0.15) is 0 Å². The molecule has 5 rings (SSSR count). The molecular weight excluding hydrogens is 466 g/mol. The van der Waals surface area contributed by atoms with E-state index in [0.717, 1.165) is 35.3 Å². The summed E-state index contributed by atoms with van der Waals surface area (Å²) in [6.07, 6.45) is 5.45. The van der Waals surface area contributed by atoms with E-state index >= 15 is 0 Å². The third-order valence-electron chi connectivity index (χ3n) is 5.70. The van der Waals surface area contributed by atoms with Gasteiger partial charge in [0.05, 0.1) is 10.6 Å². The second-order valence-electron chi connectivity index (χ2n) is 8.45. The lowest BCUT2D eigenvalue weighted by atomic mass is 9.92. The van der Waals surface area contributed by atoms with Gasteiger partial charge in [0.1, 0.15) is 4.83 Å². The fourth-order valence-corrected chi connectivity index (χ4v) is 5.87. The molecule has 8 heteroatoms. The minimum Gasteiger partial charge on any atom is -0.351 e. The van der Waals surface area contributed by atoms with Crippen LogP contribution in [0.3, 0.4) is 0 Å². The number of rotatable bonds is 4. The molecular formula is C26H27N3O3S2. The average molecular weight is 494 g/mol. The third kappa shape index (κ3) is 5.19. The van der Waals surface area contributed by atoms with E-state index in [2.05, 4.69) is 30.3 Å². The molecule has 0 radical (unpaired) electrons. The van der Waals surface area contributed by atoms with E-state index in [0.29, 0.717) is 0 Å².